The minimum Gasteiger partial charge on any atom is -0.454 e. The van der Waals surface area contributed by atoms with E-state index in [4.69, 9.17) is 9.47 Å². The first-order valence-electron chi connectivity index (χ1n) is 7.47. The zero-order valence-electron chi connectivity index (χ0n) is 11.9. The molecule has 1 aliphatic carbocycles. The third kappa shape index (κ3) is 2.60. The van der Waals surface area contributed by atoms with Gasteiger partial charge in [0.05, 0.1) is 5.56 Å². The second kappa shape index (κ2) is 5.73. The Hall–Kier alpha value is -1.71. The highest BCUT2D eigenvalue weighted by Gasteiger charge is 2.25. The van der Waals surface area contributed by atoms with Crippen LogP contribution in [0.3, 0.4) is 0 Å². The van der Waals surface area contributed by atoms with Crippen molar-refractivity contribution in [3.05, 3.63) is 23.8 Å². The van der Waals surface area contributed by atoms with Gasteiger partial charge in [-0.3, -0.25) is 4.79 Å². The molecule has 0 aromatic heterocycles. The van der Waals surface area contributed by atoms with E-state index in [1.54, 1.807) is 6.07 Å². The van der Waals surface area contributed by atoms with Crippen LogP contribution in [0.25, 0.3) is 0 Å². The molecule has 0 bridgehead atoms. The molecule has 1 aromatic carbocycles. The lowest BCUT2D eigenvalue weighted by atomic mass is 9.84. The Labute approximate surface area is 119 Å². The maximum absolute atomic E-state index is 12.4. The number of para-hydroxylation sites is 1. The summed E-state index contributed by atoms with van der Waals surface area (Å²) in [5.41, 5.74) is 0.581. The Bertz CT molecular complexity index is 492. The van der Waals surface area contributed by atoms with E-state index in [0.717, 1.165) is 18.8 Å². The molecule has 1 aliphatic heterocycles. The first-order valence-corrected chi connectivity index (χ1v) is 7.47. The van der Waals surface area contributed by atoms with E-state index < -0.39 is 0 Å². The fourth-order valence-corrected chi connectivity index (χ4v) is 3.09. The number of nitrogens with one attached hydrogen (secondary N) is 1. The lowest BCUT2D eigenvalue weighted by Gasteiger charge is -2.28. The Kier molecular flexibility index (Phi) is 3.81. The topological polar surface area (TPSA) is 47.6 Å². The standard InChI is InChI=1S/C16H21NO3/c1-2-11-6-8-12(9-7-11)17-16(18)13-4-3-5-14-15(13)20-10-19-14/h3-5,11-12H,2,6-10H2,1H3,(H,17,18). The summed E-state index contributed by atoms with van der Waals surface area (Å²) in [6.45, 7) is 2.44. The van der Waals surface area contributed by atoms with E-state index in [1.807, 2.05) is 12.1 Å². The van der Waals surface area contributed by atoms with Gasteiger partial charge in [-0.25, -0.2) is 0 Å². The number of fused-ring (bicyclic) bond motifs is 1. The third-order valence-electron chi connectivity index (χ3n) is 4.40. The van der Waals surface area contributed by atoms with Gasteiger partial charge in [-0.15, -0.1) is 0 Å². The van der Waals surface area contributed by atoms with Crippen LogP contribution in [0.15, 0.2) is 18.2 Å². The summed E-state index contributed by atoms with van der Waals surface area (Å²) < 4.78 is 10.7. The molecule has 0 radical (unpaired) electrons. The maximum Gasteiger partial charge on any atom is 0.255 e. The van der Waals surface area contributed by atoms with Crippen LogP contribution in [0.1, 0.15) is 49.4 Å². The summed E-state index contributed by atoms with van der Waals surface area (Å²) in [7, 11) is 0. The van der Waals surface area contributed by atoms with Crippen molar-refractivity contribution in [2.75, 3.05) is 6.79 Å². The molecule has 0 saturated heterocycles. The van der Waals surface area contributed by atoms with E-state index in [2.05, 4.69) is 12.2 Å². The minimum atomic E-state index is -0.0488. The molecule has 1 fully saturated rings. The van der Waals surface area contributed by atoms with Gasteiger partial charge in [0.2, 0.25) is 6.79 Å². The Morgan fingerprint density at radius 2 is 2.05 bits per heavy atom. The highest BCUT2D eigenvalue weighted by atomic mass is 16.7. The van der Waals surface area contributed by atoms with Gasteiger partial charge < -0.3 is 14.8 Å². The van der Waals surface area contributed by atoms with Crippen molar-refractivity contribution >= 4 is 5.91 Å². The van der Waals surface area contributed by atoms with Gasteiger partial charge in [0.25, 0.3) is 5.91 Å². The van der Waals surface area contributed by atoms with Crippen molar-refractivity contribution in [3.8, 4) is 11.5 Å². The molecule has 4 nitrogen and oxygen atoms in total. The molecule has 0 atom stereocenters. The van der Waals surface area contributed by atoms with Gasteiger partial charge in [0.15, 0.2) is 11.5 Å². The van der Waals surface area contributed by atoms with Gasteiger partial charge in [-0.2, -0.15) is 0 Å². The van der Waals surface area contributed by atoms with Crippen molar-refractivity contribution < 1.29 is 14.3 Å². The quantitative estimate of drug-likeness (QED) is 0.922. The van der Waals surface area contributed by atoms with Crippen molar-refractivity contribution in [3.63, 3.8) is 0 Å². The predicted molar refractivity (Wildman–Crippen MR) is 76.1 cm³/mol. The molecule has 1 heterocycles. The number of rotatable bonds is 3. The van der Waals surface area contributed by atoms with Crippen LogP contribution < -0.4 is 14.8 Å². The number of benzene rings is 1. The Balaban J connectivity index is 1.64. The molecule has 3 rings (SSSR count). The molecule has 2 aliphatic rings. The summed E-state index contributed by atoms with van der Waals surface area (Å²) in [6.07, 6.45) is 5.84. The van der Waals surface area contributed by atoms with Gasteiger partial charge in [0.1, 0.15) is 0 Å². The van der Waals surface area contributed by atoms with E-state index in [0.29, 0.717) is 23.1 Å². The number of hydrogen-bond acceptors (Lipinski definition) is 3. The molecule has 20 heavy (non-hydrogen) atoms. The first-order chi connectivity index (χ1) is 9.78. The molecular weight excluding hydrogens is 254 g/mol. The summed E-state index contributed by atoms with van der Waals surface area (Å²) >= 11 is 0. The molecule has 4 heteroatoms. The second-order valence-electron chi connectivity index (χ2n) is 5.64. The van der Waals surface area contributed by atoms with Crippen molar-refractivity contribution in [2.24, 2.45) is 5.92 Å². The lowest BCUT2D eigenvalue weighted by Crippen LogP contribution is -2.37. The maximum atomic E-state index is 12.4. The normalized spacial score (nSPS) is 24.4. The smallest absolute Gasteiger partial charge is 0.255 e. The molecular formula is C16H21NO3. The summed E-state index contributed by atoms with van der Waals surface area (Å²) in [5.74, 6) is 2.02. The van der Waals surface area contributed by atoms with Crippen LogP contribution in [-0.2, 0) is 0 Å². The van der Waals surface area contributed by atoms with Crippen LogP contribution in [0.2, 0.25) is 0 Å². The van der Waals surface area contributed by atoms with Crippen molar-refractivity contribution in [2.45, 2.75) is 45.1 Å². The van der Waals surface area contributed by atoms with Crippen LogP contribution in [0.4, 0.5) is 0 Å². The molecule has 1 aromatic rings. The highest BCUT2D eigenvalue weighted by molar-refractivity contribution is 5.98. The zero-order chi connectivity index (χ0) is 13.9. The van der Waals surface area contributed by atoms with Crippen molar-refractivity contribution in [1.82, 2.24) is 5.32 Å². The molecule has 0 spiro atoms. The predicted octanol–water partition coefficient (Wildman–Crippen LogP) is 3.11. The minimum absolute atomic E-state index is 0.0488. The van der Waals surface area contributed by atoms with E-state index in [-0.39, 0.29) is 12.7 Å². The average molecular weight is 275 g/mol. The van der Waals surface area contributed by atoms with Crippen LogP contribution in [-0.4, -0.2) is 18.7 Å². The number of ether oxygens (including phenoxy) is 2. The largest absolute Gasteiger partial charge is 0.454 e. The van der Waals surface area contributed by atoms with E-state index in [9.17, 15) is 4.79 Å². The van der Waals surface area contributed by atoms with Gasteiger partial charge in [0, 0.05) is 6.04 Å². The fraction of sp³-hybridized carbons (Fsp3) is 0.562. The second-order valence-corrected chi connectivity index (χ2v) is 5.64. The number of amides is 1. The first kappa shape index (κ1) is 13.3. The summed E-state index contributed by atoms with van der Waals surface area (Å²) in [5, 5.41) is 3.14. The molecule has 1 N–H and O–H groups in total. The van der Waals surface area contributed by atoms with E-state index >= 15 is 0 Å². The van der Waals surface area contributed by atoms with Gasteiger partial charge in [-0.05, 0) is 43.7 Å². The highest BCUT2D eigenvalue weighted by Crippen LogP contribution is 2.35. The van der Waals surface area contributed by atoms with Crippen LogP contribution in [0.5, 0.6) is 11.5 Å². The molecule has 1 saturated carbocycles. The Morgan fingerprint density at radius 1 is 1.25 bits per heavy atom. The summed E-state index contributed by atoms with van der Waals surface area (Å²) in [4.78, 5) is 12.4. The molecule has 1 amide bonds. The molecule has 0 unspecified atom stereocenters. The lowest BCUT2D eigenvalue weighted by molar-refractivity contribution is 0.0917. The number of hydrogen-bond donors (Lipinski definition) is 1. The zero-order valence-corrected chi connectivity index (χ0v) is 11.9. The fourth-order valence-electron chi connectivity index (χ4n) is 3.09. The third-order valence-corrected chi connectivity index (χ3v) is 4.40. The van der Waals surface area contributed by atoms with E-state index in [1.165, 1.54) is 19.3 Å². The SMILES string of the molecule is CCC1CCC(NC(=O)c2cccc3c2OCO3)CC1. The van der Waals surface area contributed by atoms with Crippen LogP contribution >= 0.6 is 0 Å². The number of carbonyl (C=O) groups is 1. The average Bonchev–Trinajstić information content (AvgIpc) is 2.96. The number of carbonyl (C=O) groups excluding carboxylic acids is 1. The Morgan fingerprint density at radius 3 is 2.80 bits per heavy atom. The van der Waals surface area contributed by atoms with Gasteiger partial charge in [-0.1, -0.05) is 19.4 Å². The van der Waals surface area contributed by atoms with Gasteiger partial charge >= 0.3 is 0 Å². The van der Waals surface area contributed by atoms with Crippen molar-refractivity contribution in [1.29, 1.82) is 0 Å². The van der Waals surface area contributed by atoms with Crippen LogP contribution in [0, 0.1) is 5.92 Å². The molecule has 108 valence electrons. The monoisotopic (exact) mass is 275 g/mol. The summed E-state index contributed by atoms with van der Waals surface area (Å²) in [6, 6.07) is 5.74.